The van der Waals surface area contributed by atoms with Crippen molar-refractivity contribution in [2.45, 2.75) is 56.3 Å². The summed E-state index contributed by atoms with van der Waals surface area (Å²) in [5.74, 6) is -0.595. The molecule has 1 fully saturated rings. The van der Waals surface area contributed by atoms with E-state index in [1.54, 1.807) is 16.7 Å². The molecule has 7 heteroatoms. The molecule has 0 aliphatic carbocycles. The van der Waals surface area contributed by atoms with Gasteiger partial charge in [0.1, 0.15) is 5.75 Å². The van der Waals surface area contributed by atoms with Crippen molar-refractivity contribution in [3.8, 4) is 5.75 Å². The van der Waals surface area contributed by atoms with Gasteiger partial charge in [0.25, 0.3) is 0 Å². The van der Waals surface area contributed by atoms with Gasteiger partial charge >= 0.3 is 5.97 Å². The smallest absolute Gasteiger partial charge is 0.303 e. The van der Waals surface area contributed by atoms with E-state index >= 15 is 0 Å². The van der Waals surface area contributed by atoms with Crippen LogP contribution in [0.15, 0.2) is 17.0 Å². The van der Waals surface area contributed by atoms with E-state index in [1.165, 1.54) is 4.90 Å². The van der Waals surface area contributed by atoms with Crippen LogP contribution in [-0.4, -0.2) is 47.0 Å². The van der Waals surface area contributed by atoms with Crippen LogP contribution in [0.1, 0.15) is 43.2 Å². The highest BCUT2D eigenvalue weighted by molar-refractivity contribution is 7.98. The van der Waals surface area contributed by atoms with Gasteiger partial charge in [-0.3, -0.25) is 9.59 Å². The highest BCUT2D eigenvalue weighted by Gasteiger charge is 2.42. The maximum atomic E-state index is 12.2. The SMILES string of the molecule is CSc1cc(C)c2c(c1)COC1(CCN(C(=O)CCCC(=O)O)CC1)O2. The normalized spacial score (nSPS) is 18.3. The molecule has 0 bridgehead atoms. The molecule has 3 rings (SSSR count). The quantitative estimate of drug-likeness (QED) is 0.792. The van der Waals surface area contributed by atoms with Gasteiger partial charge in [-0.05, 0) is 37.3 Å². The molecule has 2 heterocycles. The van der Waals surface area contributed by atoms with E-state index in [-0.39, 0.29) is 18.7 Å². The number of hydrogen-bond acceptors (Lipinski definition) is 5. The summed E-state index contributed by atoms with van der Waals surface area (Å²) < 4.78 is 12.4. The van der Waals surface area contributed by atoms with Crippen molar-refractivity contribution >= 4 is 23.6 Å². The molecule has 2 aliphatic rings. The van der Waals surface area contributed by atoms with E-state index in [0.717, 1.165) is 16.9 Å². The van der Waals surface area contributed by atoms with Crippen LogP contribution in [0.25, 0.3) is 0 Å². The molecule has 6 nitrogen and oxygen atoms in total. The molecule has 0 radical (unpaired) electrons. The Balaban J connectivity index is 1.59. The van der Waals surface area contributed by atoms with Crippen LogP contribution < -0.4 is 4.74 Å². The second kappa shape index (κ2) is 7.88. The molecule has 0 saturated carbocycles. The lowest BCUT2D eigenvalue weighted by molar-refractivity contribution is -0.228. The lowest BCUT2D eigenvalue weighted by Gasteiger charge is -2.44. The Morgan fingerprint density at radius 2 is 2.00 bits per heavy atom. The molecule has 1 aromatic carbocycles. The molecular formula is C19H25NO5S. The van der Waals surface area contributed by atoms with Gasteiger partial charge in [-0.2, -0.15) is 0 Å². The summed E-state index contributed by atoms with van der Waals surface area (Å²) >= 11 is 1.70. The topological polar surface area (TPSA) is 76.1 Å². The van der Waals surface area contributed by atoms with Gasteiger partial charge in [0.05, 0.1) is 6.61 Å². The molecule has 142 valence electrons. The number of carbonyl (C=O) groups is 2. The first-order valence-corrected chi connectivity index (χ1v) is 10.1. The number of amides is 1. The number of hydrogen-bond donors (Lipinski definition) is 1. The van der Waals surface area contributed by atoms with E-state index in [9.17, 15) is 9.59 Å². The molecule has 1 spiro atoms. The predicted octanol–water partition coefficient (Wildman–Crippen LogP) is 3.20. The van der Waals surface area contributed by atoms with Crippen molar-refractivity contribution in [2.24, 2.45) is 0 Å². The number of thioether (sulfide) groups is 1. The molecule has 1 aromatic rings. The summed E-state index contributed by atoms with van der Waals surface area (Å²) in [6, 6.07) is 4.24. The number of likely N-dealkylation sites (tertiary alicyclic amines) is 1. The first kappa shape index (κ1) is 19.0. The van der Waals surface area contributed by atoms with Crippen LogP contribution in [-0.2, 0) is 20.9 Å². The number of fused-ring (bicyclic) bond motifs is 1. The van der Waals surface area contributed by atoms with Gasteiger partial charge in [-0.25, -0.2) is 0 Å². The van der Waals surface area contributed by atoms with Crippen molar-refractivity contribution in [3.05, 3.63) is 23.3 Å². The Kier molecular flexibility index (Phi) is 5.77. The summed E-state index contributed by atoms with van der Waals surface area (Å²) in [4.78, 5) is 25.8. The Bertz CT molecular complexity index is 697. The van der Waals surface area contributed by atoms with E-state index in [1.807, 2.05) is 0 Å². The standard InChI is InChI=1S/C19H25NO5S/c1-13-10-15(26-2)11-14-12-24-19(25-18(13)14)6-8-20(9-7-19)16(21)4-3-5-17(22)23/h10-11H,3-9,12H2,1-2H3,(H,22,23). The third-order valence-corrected chi connectivity index (χ3v) is 5.71. The highest BCUT2D eigenvalue weighted by Crippen LogP contribution is 2.41. The fourth-order valence-electron chi connectivity index (χ4n) is 3.50. The summed E-state index contributed by atoms with van der Waals surface area (Å²) in [7, 11) is 0. The first-order valence-electron chi connectivity index (χ1n) is 8.92. The second-order valence-electron chi connectivity index (χ2n) is 6.86. The van der Waals surface area contributed by atoms with Gasteiger partial charge < -0.3 is 19.5 Å². The maximum Gasteiger partial charge on any atom is 0.303 e. The zero-order valence-corrected chi connectivity index (χ0v) is 16.1. The molecule has 26 heavy (non-hydrogen) atoms. The van der Waals surface area contributed by atoms with Crippen molar-refractivity contribution in [1.82, 2.24) is 4.90 Å². The van der Waals surface area contributed by atoms with E-state index in [0.29, 0.717) is 39.0 Å². The van der Waals surface area contributed by atoms with Crippen LogP contribution in [0.3, 0.4) is 0 Å². The van der Waals surface area contributed by atoms with Gasteiger partial charge in [-0.15, -0.1) is 11.8 Å². The summed E-state index contributed by atoms with van der Waals surface area (Å²) in [6.45, 7) is 3.72. The Hall–Kier alpha value is -1.73. The minimum absolute atomic E-state index is 0.0121. The summed E-state index contributed by atoms with van der Waals surface area (Å²) in [5.41, 5.74) is 2.19. The Morgan fingerprint density at radius 1 is 1.27 bits per heavy atom. The van der Waals surface area contributed by atoms with E-state index in [4.69, 9.17) is 14.6 Å². The molecule has 1 amide bonds. The Morgan fingerprint density at radius 3 is 2.65 bits per heavy atom. The van der Waals surface area contributed by atoms with Gasteiger partial charge in [0, 0.05) is 49.2 Å². The number of carboxylic acids is 1. The maximum absolute atomic E-state index is 12.2. The number of carboxylic acid groups (broad SMARTS) is 1. The average Bonchev–Trinajstić information content (AvgIpc) is 2.62. The Labute approximate surface area is 157 Å². The van der Waals surface area contributed by atoms with Gasteiger partial charge in [0.15, 0.2) is 0 Å². The zero-order valence-electron chi connectivity index (χ0n) is 15.2. The number of nitrogens with zero attached hydrogens (tertiary/aromatic N) is 1. The van der Waals surface area contributed by atoms with Gasteiger partial charge in [0.2, 0.25) is 11.7 Å². The molecule has 1 N–H and O–H groups in total. The zero-order chi connectivity index (χ0) is 18.7. The van der Waals surface area contributed by atoms with Crippen molar-refractivity contribution < 1.29 is 24.2 Å². The number of piperidine rings is 1. The van der Waals surface area contributed by atoms with Crippen LogP contribution in [0.2, 0.25) is 0 Å². The van der Waals surface area contributed by atoms with Crippen LogP contribution >= 0.6 is 11.8 Å². The molecule has 0 aromatic heterocycles. The van der Waals surface area contributed by atoms with Crippen LogP contribution in [0.5, 0.6) is 5.75 Å². The fraction of sp³-hybridized carbons (Fsp3) is 0.579. The molecule has 2 aliphatic heterocycles. The minimum atomic E-state index is -0.863. The van der Waals surface area contributed by atoms with E-state index in [2.05, 4.69) is 25.3 Å². The monoisotopic (exact) mass is 379 g/mol. The minimum Gasteiger partial charge on any atom is -0.481 e. The second-order valence-corrected chi connectivity index (χ2v) is 7.74. The number of carbonyl (C=O) groups excluding carboxylic acids is 1. The average molecular weight is 379 g/mol. The van der Waals surface area contributed by atoms with Gasteiger partial charge in [-0.1, -0.05) is 0 Å². The van der Waals surface area contributed by atoms with Crippen molar-refractivity contribution in [2.75, 3.05) is 19.3 Å². The number of aryl methyl sites for hydroxylation is 1. The number of aliphatic carboxylic acids is 1. The molecule has 1 saturated heterocycles. The third kappa shape index (κ3) is 4.15. The summed E-state index contributed by atoms with van der Waals surface area (Å²) in [5, 5.41) is 8.68. The highest BCUT2D eigenvalue weighted by atomic mass is 32.2. The van der Waals surface area contributed by atoms with Crippen LogP contribution in [0.4, 0.5) is 0 Å². The molecule has 0 atom stereocenters. The van der Waals surface area contributed by atoms with Crippen LogP contribution in [0, 0.1) is 6.92 Å². The van der Waals surface area contributed by atoms with Crippen molar-refractivity contribution in [1.29, 1.82) is 0 Å². The first-order chi connectivity index (χ1) is 12.4. The number of rotatable bonds is 5. The number of benzene rings is 1. The lowest BCUT2D eigenvalue weighted by atomic mass is 10.00. The third-order valence-electron chi connectivity index (χ3n) is 5.00. The van der Waals surface area contributed by atoms with Crippen molar-refractivity contribution in [3.63, 3.8) is 0 Å². The van der Waals surface area contributed by atoms with E-state index < -0.39 is 11.8 Å². The lowest BCUT2D eigenvalue weighted by Crippen LogP contribution is -2.52. The number of ether oxygens (including phenoxy) is 2. The fourth-order valence-corrected chi connectivity index (χ4v) is 4.05. The predicted molar refractivity (Wildman–Crippen MR) is 98.4 cm³/mol. The largest absolute Gasteiger partial charge is 0.481 e. The summed E-state index contributed by atoms with van der Waals surface area (Å²) in [6.07, 6.45) is 4.00. The molecular weight excluding hydrogens is 354 g/mol. The molecule has 0 unspecified atom stereocenters.